The summed E-state index contributed by atoms with van der Waals surface area (Å²) in [5.41, 5.74) is -0.383. The third-order valence-corrected chi connectivity index (χ3v) is 3.53. The second-order valence-electron chi connectivity index (χ2n) is 4.65. The van der Waals surface area contributed by atoms with Crippen LogP contribution in [-0.4, -0.2) is 22.2 Å². The number of nitro groups is 1. The molecule has 106 valence electrons. The number of nitrogens with zero attached hydrogens (tertiary/aromatic N) is 1. The minimum absolute atomic E-state index is 0.145. The summed E-state index contributed by atoms with van der Waals surface area (Å²) in [6.45, 7) is 5.17. The number of nitrogens with one attached hydrogen (secondary N) is 1. The molecule has 0 aliphatic rings. The lowest BCUT2D eigenvalue weighted by Gasteiger charge is -2.31. The van der Waals surface area contributed by atoms with Crippen molar-refractivity contribution in [3.05, 3.63) is 33.6 Å². The number of rotatable bonds is 6. The number of hydrogen-bond donors (Lipinski definition) is 2. The fourth-order valence-electron chi connectivity index (χ4n) is 1.90. The van der Waals surface area contributed by atoms with E-state index in [1.807, 2.05) is 13.8 Å². The molecule has 0 saturated carbocycles. The van der Waals surface area contributed by atoms with E-state index in [9.17, 15) is 19.6 Å². The van der Waals surface area contributed by atoms with Crippen LogP contribution in [0, 0.1) is 22.9 Å². The number of aliphatic hydroxyl groups is 1. The fourth-order valence-corrected chi connectivity index (χ4v) is 1.90. The van der Waals surface area contributed by atoms with Gasteiger partial charge >= 0.3 is 0 Å². The Morgan fingerprint density at radius 1 is 1.42 bits per heavy atom. The number of benzene rings is 1. The van der Waals surface area contributed by atoms with Gasteiger partial charge in [0.25, 0.3) is 5.69 Å². The molecule has 5 nitrogen and oxygen atoms in total. The Balaban J connectivity index is 3.26. The van der Waals surface area contributed by atoms with Crippen molar-refractivity contribution in [2.45, 2.75) is 39.2 Å². The zero-order chi connectivity index (χ0) is 14.6. The fraction of sp³-hybridized carbons (Fsp3) is 0.538. The third kappa shape index (κ3) is 3.20. The zero-order valence-electron chi connectivity index (χ0n) is 11.4. The van der Waals surface area contributed by atoms with E-state index in [1.54, 1.807) is 6.92 Å². The van der Waals surface area contributed by atoms with Crippen LogP contribution in [-0.2, 0) is 0 Å². The predicted molar refractivity (Wildman–Crippen MR) is 71.8 cm³/mol. The molecule has 0 radical (unpaired) electrons. The molecule has 0 amide bonds. The first-order chi connectivity index (χ1) is 8.89. The van der Waals surface area contributed by atoms with Crippen LogP contribution in [0.3, 0.4) is 0 Å². The zero-order valence-corrected chi connectivity index (χ0v) is 11.4. The summed E-state index contributed by atoms with van der Waals surface area (Å²) in [6, 6.07) is 2.31. The molecule has 0 aliphatic heterocycles. The Kier molecular flexibility index (Phi) is 4.83. The van der Waals surface area contributed by atoms with Crippen molar-refractivity contribution in [2.75, 3.05) is 11.9 Å². The van der Waals surface area contributed by atoms with Gasteiger partial charge in [-0.2, -0.15) is 0 Å². The minimum Gasteiger partial charge on any atom is -0.394 e. The molecule has 0 bridgehead atoms. The van der Waals surface area contributed by atoms with Gasteiger partial charge in [0.05, 0.1) is 23.1 Å². The first-order valence-electron chi connectivity index (χ1n) is 6.22. The highest BCUT2D eigenvalue weighted by molar-refractivity contribution is 5.64. The molecule has 0 aromatic heterocycles. The molecule has 1 aromatic rings. The maximum Gasteiger partial charge on any atom is 0.295 e. The van der Waals surface area contributed by atoms with E-state index in [1.165, 1.54) is 6.07 Å². The summed E-state index contributed by atoms with van der Waals surface area (Å²) in [6.07, 6.45) is 1.21. The van der Waals surface area contributed by atoms with E-state index in [2.05, 4.69) is 5.32 Å². The van der Waals surface area contributed by atoms with Gasteiger partial charge in [0.2, 0.25) is 0 Å². The van der Waals surface area contributed by atoms with Gasteiger partial charge in [-0.1, -0.05) is 13.8 Å². The van der Waals surface area contributed by atoms with E-state index < -0.39 is 16.3 Å². The summed E-state index contributed by atoms with van der Waals surface area (Å²) in [7, 11) is 0. The van der Waals surface area contributed by atoms with Crippen molar-refractivity contribution in [3.8, 4) is 0 Å². The summed E-state index contributed by atoms with van der Waals surface area (Å²) in [4.78, 5) is 10.3. The average molecular weight is 270 g/mol. The summed E-state index contributed by atoms with van der Waals surface area (Å²) in [5.74, 6) is -0.611. The van der Waals surface area contributed by atoms with Crippen LogP contribution in [0.4, 0.5) is 15.8 Å². The van der Waals surface area contributed by atoms with Gasteiger partial charge in [0.1, 0.15) is 11.5 Å². The maximum atomic E-state index is 13.4. The highest BCUT2D eigenvalue weighted by Gasteiger charge is 2.28. The molecular weight excluding hydrogens is 251 g/mol. The molecule has 2 N–H and O–H groups in total. The van der Waals surface area contributed by atoms with Crippen LogP contribution < -0.4 is 5.32 Å². The van der Waals surface area contributed by atoms with Crippen molar-refractivity contribution in [3.63, 3.8) is 0 Å². The van der Waals surface area contributed by atoms with Gasteiger partial charge < -0.3 is 10.4 Å². The Morgan fingerprint density at radius 3 is 2.42 bits per heavy atom. The van der Waals surface area contributed by atoms with E-state index in [4.69, 9.17) is 0 Å². The first-order valence-corrected chi connectivity index (χ1v) is 6.22. The lowest BCUT2D eigenvalue weighted by molar-refractivity contribution is -0.384. The molecule has 0 fully saturated rings. The van der Waals surface area contributed by atoms with Gasteiger partial charge in [-0.3, -0.25) is 10.1 Å². The van der Waals surface area contributed by atoms with Crippen LogP contribution >= 0.6 is 0 Å². The molecule has 19 heavy (non-hydrogen) atoms. The maximum absolute atomic E-state index is 13.4. The standard InChI is InChI=1S/C13H19FN2O3/c1-4-13(5-2,8-17)15-11-6-9(3)10(14)7-12(11)16(18)19/h6-7,15,17H,4-5,8H2,1-3H3. The smallest absolute Gasteiger partial charge is 0.295 e. The van der Waals surface area contributed by atoms with Crippen molar-refractivity contribution in [2.24, 2.45) is 0 Å². The van der Waals surface area contributed by atoms with Crippen LogP contribution in [0.2, 0.25) is 0 Å². The number of nitro benzene ring substituents is 1. The highest BCUT2D eigenvalue weighted by atomic mass is 19.1. The van der Waals surface area contributed by atoms with E-state index in [-0.39, 0.29) is 18.0 Å². The summed E-state index contributed by atoms with van der Waals surface area (Å²) in [5, 5.41) is 23.5. The summed E-state index contributed by atoms with van der Waals surface area (Å²) < 4.78 is 13.4. The second kappa shape index (κ2) is 5.97. The van der Waals surface area contributed by atoms with Gasteiger partial charge in [-0.05, 0) is 31.4 Å². The van der Waals surface area contributed by atoms with Crippen molar-refractivity contribution in [1.29, 1.82) is 0 Å². The van der Waals surface area contributed by atoms with Crippen LogP contribution in [0.5, 0.6) is 0 Å². The lowest BCUT2D eigenvalue weighted by atomic mass is 9.93. The summed E-state index contributed by atoms with van der Waals surface area (Å²) >= 11 is 0. The molecule has 0 heterocycles. The van der Waals surface area contributed by atoms with Crippen LogP contribution in [0.1, 0.15) is 32.3 Å². The van der Waals surface area contributed by atoms with Gasteiger partial charge in [0.15, 0.2) is 0 Å². The minimum atomic E-state index is -0.630. The van der Waals surface area contributed by atoms with Crippen molar-refractivity contribution in [1.82, 2.24) is 0 Å². The van der Waals surface area contributed by atoms with Crippen LogP contribution in [0.15, 0.2) is 12.1 Å². The quantitative estimate of drug-likeness (QED) is 0.615. The molecule has 0 unspecified atom stereocenters. The third-order valence-electron chi connectivity index (χ3n) is 3.53. The molecule has 6 heteroatoms. The van der Waals surface area contributed by atoms with Crippen molar-refractivity contribution < 1.29 is 14.4 Å². The van der Waals surface area contributed by atoms with Crippen molar-refractivity contribution >= 4 is 11.4 Å². The molecular formula is C13H19FN2O3. The topological polar surface area (TPSA) is 75.4 Å². The molecule has 1 rings (SSSR count). The van der Waals surface area contributed by atoms with E-state index in [0.29, 0.717) is 18.4 Å². The molecule has 0 aliphatic carbocycles. The normalized spacial score (nSPS) is 11.4. The van der Waals surface area contributed by atoms with E-state index >= 15 is 0 Å². The Hall–Kier alpha value is -1.69. The number of hydrogen-bond acceptors (Lipinski definition) is 4. The number of aliphatic hydroxyl groups excluding tert-OH is 1. The SMILES string of the molecule is CCC(CC)(CO)Nc1cc(C)c(F)cc1[N+](=O)[O-]. The Bertz CT molecular complexity index is 465. The molecule has 0 saturated heterocycles. The van der Waals surface area contributed by atoms with Gasteiger partial charge in [-0.25, -0.2) is 4.39 Å². The molecule has 0 spiro atoms. The molecule has 1 aromatic carbocycles. The van der Waals surface area contributed by atoms with Crippen LogP contribution in [0.25, 0.3) is 0 Å². The monoisotopic (exact) mass is 270 g/mol. The molecule has 0 atom stereocenters. The Morgan fingerprint density at radius 2 is 2.00 bits per heavy atom. The predicted octanol–water partition coefficient (Wildman–Crippen LogP) is 3.01. The van der Waals surface area contributed by atoms with Gasteiger partial charge in [-0.15, -0.1) is 0 Å². The average Bonchev–Trinajstić information content (AvgIpc) is 2.39. The van der Waals surface area contributed by atoms with E-state index in [0.717, 1.165) is 6.07 Å². The highest BCUT2D eigenvalue weighted by Crippen LogP contribution is 2.31. The first kappa shape index (κ1) is 15.4. The Labute approximate surface area is 111 Å². The number of aryl methyl sites for hydroxylation is 1. The second-order valence-corrected chi connectivity index (χ2v) is 4.65. The lowest BCUT2D eigenvalue weighted by Crippen LogP contribution is -2.41. The number of halogens is 1. The largest absolute Gasteiger partial charge is 0.394 e. The van der Waals surface area contributed by atoms with Gasteiger partial charge in [0, 0.05) is 0 Å². The number of anilines is 1.